The molecule has 0 fully saturated rings. The first-order valence-corrected chi connectivity index (χ1v) is 5.10. The summed E-state index contributed by atoms with van der Waals surface area (Å²) < 4.78 is 5.15. The molecule has 0 bridgehead atoms. The minimum atomic E-state index is 0.826. The third kappa shape index (κ3) is 5.07. The lowest BCUT2D eigenvalue weighted by Gasteiger charge is -2.01. The molecule has 1 rings (SSSR count). The summed E-state index contributed by atoms with van der Waals surface area (Å²) in [7, 11) is 0. The van der Waals surface area contributed by atoms with E-state index < -0.39 is 0 Å². The Morgan fingerprint density at radius 3 is 2.25 bits per heavy atom. The van der Waals surface area contributed by atoms with Gasteiger partial charge in [0, 0.05) is 6.42 Å². The predicted octanol–water partition coefficient (Wildman–Crippen LogP) is 3.10. The second-order valence-electron chi connectivity index (χ2n) is 3.35. The zero-order valence-electron chi connectivity index (χ0n) is 7.77. The SMILES string of the molecule is C1#COCCCCCCCCC1. The summed E-state index contributed by atoms with van der Waals surface area (Å²) in [4.78, 5) is 0. The Kier molecular flexibility index (Phi) is 5.54. The Balaban J connectivity index is 2.14. The molecule has 0 N–H and O–H groups in total. The molecule has 0 aromatic rings. The van der Waals surface area contributed by atoms with E-state index in [1.54, 1.807) is 0 Å². The van der Waals surface area contributed by atoms with Gasteiger partial charge in [-0.15, -0.1) is 0 Å². The first kappa shape index (κ1) is 9.45. The molecule has 68 valence electrons. The van der Waals surface area contributed by atoms with Crippen LogP contribution in [0.5, 0.6) is 0 Å². The van der Waals surface area contributed by atoms with Gasteiger partial charge in [-0.3, -0.25) is 0 Å². The molecule has 1 aliphatic rings. The first-order chi connectivity index (χ1) is 6.00. The number of rotatable bonds is 0. The van der Waals surface area contributed by atoms with Crippen molar-refractivity contribution in [1.29, 1.82) is 0 Å². The standard InChI is InChI=1S/C11H18O/c1-2-4-6-8-10-12-11-9-7-5-3-1/h1-8,10H2. The van der Waals surface area contributed by atoms with Gasteiger partial charge in [-0.2, -0.15) is 0 Å². The fourth-order valence-electron chi connectivity index (χ4n) is 1.42. The predicted molar refractivity (Wildman–Crippen MR) is 50.7 cm³/mol. The molecular weight excluding hydrogens is 148 g/mol. The van der Waals surface area contributed by atoms with Crippen LogP contribution in [-0.2, 0) is 4.74 Å². The van der Waals surface area contributed by atoms with Crippen molar-refractivity contribution in [3.63, 3.8) is 0 Å². The van der Waals surface area contributed by atoms with Crippen molar-refractivity contribution in [3.8, 4) is 12.0 Å². The Hall–Kier alpha value is -0.640. The van der Waals surface area contributed by atoms with Crippen molar-refractivity contribution in [1.82, 2.24) is 0 Å². The van der Waals surface area contributed by atoms with Crippen LogP contribution in [0.25, 0.3) is 0 Å². The maximum Gasteiger partial charge on any atom is 0.110 e. The van der Waals surface area contributed by atoms with Crippen molar-refractivity contribution < 1.29 is 4.74 Å². The van der Waals surface area contributed by atoms with E-state index in [2.05, 4.69) is 12.0 Å². The van der Waals surface area contributed by atoms with Crippen molar-refractivity contribution in [2.24, 2.45) is 0 Å². The highest BCUT2D eigenvalue weighted by Gasteiger charge is 1.92. The Morgan fingerprint density at radius 2 is 1.42 bits per heavy atom. The minimum absolute atomic E-state index is 0.826. The summed E-state index contributed by atoms with van der Waals surface area (Å²) in [6.45, 7) is 0.826. The molecule has 1 nitrogen and oxygen atoms in total. The van der Waals surface area contributed by atoms with Gasteiger partial charge in [0.1, 0.15) is 12.7 Å². The molecule has 1 heteroatoms. The second kappa shape index (κ2) is 7.03. The molecule has 0 aromatic carbocycles. The molecule has 1 heterocycles. The van der Waals surface area contributed by atoms with E-state index in [-0.39, 0.29) is 0 Å². The number of hydrogen-bond donors (Lipinski definition) is 0. The molecule has 0 aromatic heterocycles. The molecule has 1 aliphatic heterocycles. The third-order valence-electron chi connectivity index (χ3n) is 2.19. The normalized spacial score (nSPS) is 20.7. The first-order valence-electron chi connectivity index (χ1n) is 5.10. The fraction of sp³-hybridized carbons (Fsp3) is 0.818. The Bertz CT molecular complexity index is 136. The molecule has 0 aliphatic carbocycles. The highest BCUT2D eigenvalue weighted by atomic mass is 16.5. The van der Waals surface area contributed by atoms with Crippen LogP contribution < -0.4 is 0 Å². The van der Waals surface area contributed by atoms with E-state index in [0.29, 0.717) is 0 Å². The van der Waals surface area contributed by atoms with Crippen molar-refractivity contribution in [3.05, 3.63) is 0 Å². The molecule has 0 radical (unpaired) electrons. The summed E-state index contributed by atoms with van der Waals surface area (Å²) in [5.41, 5.74) is 0. The molecular formula is C11H18O. The zero-order chi connectivity index (χ0) is 8.49. The maximum atomic E-state index is 5.15. The number of hydrogen-bond acceptors (Lipinski definition) is 1. The van der Waals surface area contributed by atoms with E-state index in [0.717, 1.165) is 13.0 Å². The molecule has 0 saturated carbocycles. The van der Waals surface area contributed by atoms with Gasteiger partial charge < -0.3 is 4.74 Å². The second-order valence-corrected chi connectivity index (χ2v) is 3.35. The van der Waals surface area contributed by atoms with Crippen LogP contribution in [0.3, 0.4) is 0 Å². The van der Waals surface area contributed by atoms with Gasteiger partial charge >= 0.3 is 0 Å². The quantitative estimate of drug-likeness (QED) is 0.502. The minimum Gasteiger partial charge on any atom is -0.447 e. The van der Waals surface area contributed by atoms with E-state index in [1.807, 2.05) is 0 Å². The van der Waals surface area contributed by atoms with Gasteiger partial charge in [-0.05, 0) is 12.8 Å². The zero-order valence-corrected chi connectivity index (χ0v) is 7.77. The number of ether oxygens (including phenoxy) is 1. The summed E-state index contributed by atoms with van der Waals surface area (Å²) in [5.74, 6) is 3.03. The molecule has 0 spiro atoms. The lowest BCUT2D eigenvalue weighted by atomic mass is 10.1. The average molecular weight is 166 g/mol. The molecule has 0 saturated heterocycles. The van der Waals surface area contributed by atoms with Gasteiger partial charge in [-0.25, -0.2) is 0 Å². The summed E-state index contributed by atoms with van der Waals surface area (Å²) in [5, 5.41) is 0. The fourth-order valence-corrected chi connectivity index (χ4v) is 1.42. The molecule has 12 heavy (non-hydrogen) atoms. The van der Waals surface area contributed by atoms with Gasteiger partial charge in [-0.1, -0.05) is 38.0 Å². The monoisotopic (exact) mass is 166 g/mol. The molecule has 0 unspecified atom stereocenters. The smallest absolute Gasteiger partial charge is 0.110 e. The van der Waals surface area contributed by atoms with Crippen molar-refractivity contribution in [2.75, 3.05) is 6.61 Å². The van der Waals surface area contributed by atoms with E-state index in [1.165, 1.54) is 44.9 Å². The van der Waals surface area contributed by atoms with Crippen LogP contribution in [0.2, 0.25) is 0 Å². The van der Waals surface area contributed by atoms with Crippen LogP contribution in [0.1, 0.15) is 51.4 Å². The summed E-state index contributed by atoms with van der Waals surface area (Å²) in [6.07, 6.45) is 13.0. The molecule has 0 atom stereocenters. The van der Waals surface area contributed by atoms with Gasteiger partial charge in [0.05, 0.1) is 0 Å². The van der Waals surface area contributed by atoms with Crippen molar-refractivity contribution in [2.45, 2.75) is 51.4 Å². The Labute approximate surface area is 75.5 Å². The van der Waals surface area contributed by atoms with E-state index >= 15 is 0 Å². The average Bonchev–Trinajstić information content (AvgIpc) is 2.05. The van der Waals surface area contributed by atoms with Crippen LogP contribution in [-0.4, -0.2) is 6.61 Å². The summed E-state index contributed by atoms with van der Waals surface area (Å²) in [6, 6.07) is 0. The van der Waals surface area contributed by atoms with Gasteiger partial charge in [0.15, 0.2) is 0 Å². The highest BCUT2D eigenvalue weighted by Crippen LogP contribution is 2.08. The van der Waals surface area contributed by atoms with Crippen molar-refractivity contribution >= 4 is 0 Å². The molecule has 0 amide bonds. The van der Waals surface area contributed by atoms with Crippen LogP contribution >= 0.6 is 0 Å². The third-order valence-corrected chi connectivity index (χ3v) is 2.19. The largest absolute Gasteiger partial charge is 0.447 e. The van der Waals surface area contributed by atoms with Gasteiger partial charge in [0.25, 0.3) is 0 Å². The van der Waals surface area contributed by atoms with Crippen LogP contribution in [0.4, 0.5) is 0 Å². The summed E-state index contributed by atoms with van der Waals surface area (Å²) >= 11 is 0. The maximum absolute atomic E-state index is 5.15. The lowest BCUT2D eigenvalue weighted by Crippen LogP contribution is -1.89. The topological polar surface area (TPSA) is 9.23 Å². The lowest BCUT2D eigenvalue weighted by molar-refractivity contribution is 0.266. The van der Waals surface area contributed by atoms with Gasteiger partial charge in [0.2, 0.25) is 0 Å². The van der Waals surface area contributed by atoms with Crippen LogP contribution in [0.15, 0.2) is 0 Å². The van der Waals surface area contributed by atoms with E-state index in [9.17, 15) is 0 Å². The highest BCUT2D eigenvalue weighted by molar-refractivity contribution is 4.91. The van der Waals surface area contributed by atoms with E-state index in [4.69, 9.17) is 4.74 Å². The van der Waals surface area contributed by atoms with Crippen LogP contribution in [0, 0.1) is 12.0 Å². The Morgan fingerprint density at radius 1 is 0.750 bits per heavy atom.